The van der Waals surface area contributed by atoms with Gasteiger partial charge in [-0.25, -0.2) is 0 Å². The van der Waals surface area contributed by atoms with Crippen LogP contribution in [0.5, 0.6) is 0 Å². The van der Waals surface area contributed by atoms with Crippen LogP contribution >= 0.6 is 0 Å². The Balaban J connectivity index is 2.75. The van der Waals surface area contributed by atoms with Gasteiger partial charge in [0.15, 0.2) is 0 Å². The summed E-state index contributed by atoms with van der Waals surface area (Å²) in [6, 6.07) is 0. The third-order valence-electron chi connectivity index (χ3n) is 4.29. The van der Waals surface area contributed by atoms with Gasteiger partial charge in [0.25, 0.3) is 0 Å². The SMILES string of the molecule is C=CCC1(CC=C)C[C@@]1(CC=C)CCCC. The molecular weight excluding hydrogens is 192 g/mol. The first-order chi connectivity index (χ1) is 7.70. The molecule has 0 heterocycles. The van der Waals surface area contributed by atoms with E-state index < -0.39 is 0 Å². The predicted octanol–water partition coefficient (Wildman–Crippen LogP) is 5.28. The van der Waals surface area contributed by atoms with E-state index in [0.29, 0.717) is 10.8 Å². The summed E-state index contributed by atoms with van der Waals surface area (Å²) in [5, 5.41) is 0. The van der Waals surface area contributed by atoms with Crippen LogP contribution in [-0.4, -0.2) is 0 Å². The lowest BCUT2D eigenvalue weighted by Gasteiger charge is -2.23. The van der Waals surface area contributed by atoms with Crippen molar-refractivity contribution in [3.63, 3.8) is 0 Å². The van der Waals surface area contributed by atoms with E-state index in [-0.39, 0.29) is 0 Å². The van der Waals surface area contributed by atoms with Gasteiger partial charge in [0.05, 0.1) is 0 Å². The van der Waals surface area contributed by atoms with Gasteiger partial charge in [-0.05, 0) is 42.9 Å². The maximum atomic E-state index is 3.93. The average molecular weight is 218 g/mol. The van der Waals surface area contributed by atoms with E-state index >= 15 is 0 Å². The summed E-state index contributed by atoms with van der Waals surface area (Å²) in [6.07, 6.45) is 15.0. The Morgan fingerprint density at radius 3 is 1.88 bits per heavy atom. The van der Waals surface area contributed by atoms with Crippen molar-refractivity contribution in [3.05, 3.63) is 38.0 Å². The second kappa shape index (κ2) is 5.52. The molecule has 1 aliphatic rings. The molecule has 1 fully saturated rings. The standard InChI is InChI=1S/C16H26/c1-5-9-13-16(12-8-4)14-15(16,10-6-2)11-7-3/h6-8H,2-5,9-14H2,1H3/t16-/m1/s1. The Morgan fingerprint density at radius 1 is 0.938 bits per heavy atom. The zero-order chi connectivity index (χ0) is 12.1. The Morgan fingerprint density at radius 2 is 1.44 bits per heavy atom. The van der Waals surface area contributed by atoms with Crippen molar-refractivity contribution >= 4 is 0 Å². The molecule has 1 atom stereocenters. The summed E-state index contributed by atoms with van der Waals surface area (Å²) in [7, 11) is 0. The molecule has 0 aliphatic heterocycles. The van der Waals surface area contributed by atoms with E-state index in [1.54, 1.807) is 0 Å². The molecule has 1 aliphatic carbocycles. The number of rotatable bonds is 9. The molecule has 0 spiro atoms. The Hall–Kier alpha value is -0.780. The van der Waals surface area contributed by atoms with Crippen LogP contribution in [0.15, 0.2) is 38.0 Å². The molecule has 0 aromatic rings. The summed E-state index contributed by atoms with van der Waals surface area (Å²) in [5.74, 6) is 0. The molecule has 1 saturated carbocycles. The van der Waals surface area contributed by atoms with Gasteiger partial charge in [-0.1, -0.05) is 38.0 Å². The number of allylic oxidation sites excluding steroid dienone is 3. The highest BCUT2D eigenvalue weighted by Gasteiger charge is 2.63. The van der Waals surface area contributed by atoms with Crippen LogP contribution in [0.3, 0.4) is 0 Å². The molecular formula is C16H26. The van der Waals surface area contributed by atoms with Crippen LogP contribution in [0.2, 0.25) is 0 Å². The fourth-order valence-corrected chi connectivity index (χ4v) is 3.35. The zero-order valence-corrected chi connectivity index (χ0v) is 10.8. The highest BCUT2D eigenvalue weighted by Crippen LogP contribution is 2.72. The summed E-state index contributed by atoms with van der Waals surface area (Å²) in [4.78, 5) is 0. The second-order valence-electron chi connectivity index (χ2n) is 5.32. The maximum Gasteiger partial charge on any atom is -0.0163 e. The fraction of sp³-hybridized carbons (Fsp3) is 0.625. The maximum absolute atomic E-state index is 3.93. The van der Waals surface area contributed by atoms with Crippen molar-refractivity contribution in [1.29, 1.82) is 0 Å². The first-order valence-electron chi connectivity index (χ1n) is 6.53. The summed E-state index contributed by atoms with van der Waals surface area (Å²) >= 11 is 0. The monoisotopic (exact) mass is 218 g/mol. The van der Waals surface area contributed by atoms with E-state index in [0.717, 1.165) is 19.3 Å². The van der Waals surface area contributed by atoms with Crippen molar-refractivity contribution in [2.24, 2.45) is 10.8 Å². The molecule has 0 unspecified atom stereocenters. The molecule has 0 bridgehead atoms. The summed E-state index contributed by atoms with van der Waals surface area (Å²) < 4.78 is 0. The molecule has 0 aromatic carbocycles. The molecule has 0 radical (unpaired) electrons. The lowest BCUT2D eigenvalue weighted by Crippen LogP contribution is -2.13. The number of hydrogen-bond acceptors (Lipinski definition) is 0. The molecule has 1 rings (SSSR count). The lowest BCUT2D eigenvalue weighted by atomic mass is 9.81. The summed E-state index contributed by atoms with van der Waals surface area (Å²) in [6.45, 7) is 14.0. The smallest absolute Gasteiger partial charge is 0.0163 e. The third kappa shape index (κ3) is 2.31. The first-order valence-corrected chi connectivity index (χ1v) is 6.53. The number of hydrogen-bond donors (Lipinski definition) is 0. The fourth-order valence-electron chi connectivity index (χ4n) is 3.35. The summed E-state index contributed by atoms with van der Waals surface area (Å²) in [5.41, 5.74) is 0.965. The minimum Gasteiger partial charge on any atom is -0.103 e. The average Bonchev–Trinajstić information content (AvgIpc) is 2.85. The van der Waals surface area contributed by atoms with Crippen molar-refractivity contribution in [2.45, 2.75) is 51.9 Å². The van der Waals surface area contributed by atoms with Crippen molar-refractivity contribution < 1.29 is 0 Å². The molecule has 0 aromatic heterocycles. The Kier molecular flexibility index (Phi) is 4.58. The van der Waals surface area contributed by atoms with Gasteiger partial charge in [-0.3, -0.25) is 0 Å². The predicted molar refractivity (Wildman–Crippen MR) is 73.5 cm³/mol. The van der Waals surface area contributed by atoms with Gasteiger partial charge in [0.2, 0.25) is 0 Å². The van der Waals surface area contributed by atoms with Gasteiger partial charge < -0.3 is 0 Å². The highest BCUT2D eigenvalue weighted by molar-refractivity contribution is 5.19. The van der Waals surface area contributed by atoms with E-state index in [2.05, 4.69) is 44.9 Å². The third-order valence-corrected chi connectivity index (χ3v) is 4.29. The van der Waals surface area contributed by atoms with Crippen LogP contribution in [0.1, 0.15) is 51.9 Å². The number of unbranched alkanes of at least 4 members (excludes halogenated alkanes) is 1. The van der Waals surface area contributed by atoms with Gasteiger partial charge in [-0.15, -0.1) is 19.7 Å². The molecule has 16 heavy (non-hydrogen) atoms. The van der Waals surface area contributed by atoms with E-state index in [1.807, 2.05) is 0 Å². The highest BCUT2D eigenvalue weighted by atomic mass is 14.7. The Bertz CT molecular complexity index is 251. The molecule has 0 amide bonds. The topological polar surface area (TPSA) is 0 Å². The van der Waals surface area contributed by atoms with E-state index in [1.165, 1.54) is 25.7 Å². The van der Waals surface area contributed by atoms with Crippen molar-refractivity contribution in [3.8, 4) is 0 Å². The largest absolute Gasteiger partial charge is 0.103 e. The van der Waals surface area contributed by atoms with Crippen molar-refractivity contribution in [1.82, 2.24) is 0 Å². The van der Waals surface area contributed by atoms with Crippen LogP contribution in [0, 0.1) is 10.8 Å². The first kappa shape index (κ1) is 13.3. The zero-order valence-electron chi connectivity index (χ0n) is 10.8. The second-order valence-corrected chi connectivity index (χ2v) is 5.32. The molecule has 0 heteroatoms. The van der Waals surface area contributed by atoms with Gasteiger partial charge in [0.1, 0.15) is 0 Å². The molecule has 0 N–H and O–H groups in total. The lowest BCUT2D eigenvalue weighted by molar-refractivity contribution is 0.311. The minimum absolute atomic E-state index is 0.458. The molecule has 90 valence electrons. The Labute approximate surface area is 101 Å². The van der Waals surface area contributed by atoms with Gasteiger partial charge >= 0.3 is 0 Å². The van der Waals surface area contributed by atoms with Crippen LogP contribution in [0.4, 0.5) is 0 Å². The van der Waals surface area contributed by atoms with Gasteiger partial charge in [-0.2, -0.15) is 0 Å². The van der Waals surface area contributed by atoms with Crippen molar-refractivity contribution in [2.75, 3.05) is 0 Å². The van der Waals surface area contributed by atoms with E-state index in [9.17, 15) is 0 Å². The molecule has 0 saturated heterocycles. The van der Waals surface area contributed by atoms with E-state index in [4.69, 9.17) is 0 Å². The molecule has 0 nitrogen and oxygen atoms in total. The quantitative estimate of drug-likeness (QED) is 0.462. The van der Waals surface area contributed by atoms with Gasteiger partial charge in [0, 0.05) is 0 Å². The van der Waals surface area contributed by atoms with Crippen LogP contribution in [-0.2, 0) is 0 Å². The van der Waals surface area contributed by atoms with Crippen LogP contribution in [0.25, 0.3) is 0 Å². The van der Waals surface area contributed by atoms with Crippen LogP contribution < -0.4 is 0 Å². The minimum atomic E-state index is 0.458. The normalized spacial score (nSPS) is 26.1.